The number of carbonyl (C=O) groups is 4. The van der Waals surface area contributed by atoms with Gasteiger partial charge in [-0.2, -0.15) is 0 Å². The number of carbonyl (C=O) groups excluding carboxylic acids is 4. The zero-order valence-electron chi connectivity index (χ0n) is 57.3. The lowest BCUT2D eigenvalue weighted by molar-refractivity contribution is -0.143. The molecule has 0 radical (unpaired) electrons. The highest BCUT2D eigenvalue weighted by molar-refractivity contribution is 5.79. The summed E-state index contributed by atoms with van der Waals surface area (Å²) in [5.41, 5.74) is -0.611. The molecule has 12 heteroatoms. The lowest BCUT2D eigenvalue weighted by Gasteiger charge is -2.40. The van der Waals surface area contributed by atoms with Crippen LogP contribution >= 0.6 is 0 Å². The van der Waals surface area contributed by atoms with E-state index in [0.29, 0.717) is 44.5 Å². The lowest BCUT2D eigenvalue weighted by atomic mass is 9.64. The first-order valence-corrected chi connectivity index (χ1v) is 30.5. The predicted octanol–water partition coefficient (Wildman–Crippen LogP) is 17.7. The molecule has 4 rings (SSSR count). The van der Waals surface area contributed by atoms with Crippen molar-refractivity contribution in [1.29, 1.82) is 0 Å². The molecule has 4 aromatic rings. The minimum Gasteiger partial charge on any atom is -0.507 e. The monoisotopic (exact) mass is 1180 g/mol. The van der Waals surface area contributed by atoms with Gasteiger partial charge in [0.05, 0.1) is 23.7 Å². The summed E-state index contributed by atoms with van der Waals surface area (Å²) in [5, 5.41) is 46.4. The molecule has 12 nitrogen and oxygen atoms in total. The van der Waals surface area contributed by atoms with Gasteiger partial charge in [-0.3, -0.25) is 19.2 Å². The minimum absolute atomic E-state index is 0.0136. The van der Waals surface area contributed by atoms with Crippen LogP contribution in [-0.2, 0) is 62.5 Å². The first-order valence-electron chi connectivity index (χ1n) is 30.5. The average Bonchev–Trinajstić information content (AvgIpc) is 2.49. The second-order valence-corrected chi connectivity index (χ2v) is 33.1. The lowest BCUT2D eigenvalue weighted by Crippen LogP contribution is -2.38. The fourth-order valence-corrected chi connectivity index (χ4v) is 11.5. The van der Waals surface area contributed by atoms with Crippen molar-refractivity contribution in [3.8, 4) is 46.0 Å². The fourth-order valence-electron chi connectivity index (χ4n) is 11.5. The molecule has 0 saturated carbocycles. The number of hydrogen-bond donors (Lipinski definition) is 4. The summed E-state index contributed by atoms with van der Waals surface area (Å²) in [6.07, 6.45) is 0.0543. The van der Waals surface area contributed by atoms with Crippen LogP contribution in [0.25, 0.3) is 0 Å². The predicted molar refractivity (Wildman–Crippen MR) is 342 cm³/mol. The summed E-state index contributed by atoms with van der Waals surface area (Å²) in [4.78, 5) is 59.7. The smallest absolute Gasteiger partial charge is 0.314 e. The highest BCUT2D eigenvalue weighted by Crippen LogP contribution is 2.50. The number of hydrogen-bond acceptors (Lipinski definition) is 12. The first-order chi connectivity index (χ1) is 38.1. The third-order valence-electron chi connectivity index (χ3n) is 16.2. The Bertz CT molecular complexity index is 2540. The van der Waals surface area contributed by atoms with E-state index in [1.165, 1.54) is 0 Å². The third-order valence-corrected chi connectivity index (χ3v) is 16.2. The van der Waals surface area contributed by atoms with Crippen LogP contribution in [0.3, 0.4) is 0 Å². The van der Waals surface area contributed by atoms with Crippen molar-refractivity contribution in [3.05, 3.63) is 93.0 Å². The number of ether oxygens (including phenoxy) is 4. The largest absolute Gasteiger partial charge is 0.507 e. The molecular formula is C73H108O12. The number of aromatic hydroxyl groups is 4. The Balaban J connectivity index is 2.00. The highest BCUT2D eigenvalue weighted by Gasteiger charge is 2.44. The van der Waals surface area contributed by atoms with Crippen molar-refractivity contribution < 1.29 is 58.6 Å². The van der Waals surface area contributed by atoms with Crippen molar-refractivity contribution in [2.75, 3.05) is 0 Å². The molecule has 4 N–H and O–H groups in total. The van der Waals surface area contributed by atoms with Gasteiger partial charge in [-0.15, -0.1) is 0 Å². The maximum Gasteiger partial charge on any atom is 0.314 e. The molecule has 4 atom stereocenters. The molecule has 0 heterocycles. The van der Waals surface area contributed by atoms with Crippen molar-refractivity contribution in [1.82, 2.24) is 0 Å². The molecule has 472 valence electrons. The van der Waals surface area contributed by atoms with Gasteiger partial charge in [-0.25, -0.2) is 0 Å². The Hall–Kier alpha value is -6.04. The van der Waals surface area contributed by atoms with Crippen LogP contribution in [0.5, 0.6) is 46.0 Å². The van der Waals surface area contributed by atoms with Crippen molar-refractivity contribution in [2.24, 2.45) is 29.1 Å². The number of benzene rings is 4. The summed E-state index contributed by atoms with van der Waals surface area (Å²) in [6.45, 7) is 54.3. The van der Waals surface area contributed by atoms with E-state index < -0.39 is 96.3 Å². The van der Waals surface area contributed by atoms with Crippen molar-refractivity contribution >= 4 is 23.9 Å². The van der Waals surface area contributed by atoms with Crippen molar-refractivity contribution in [3.63, 3.8) is 0 Å². The summed E-state index contributed by atoms with van der Waals surface area (Å²) < 4.78 is 25.3. The molecule has 0 aliphatic carbocycles. The molecule has 4 aromatic carbocycles. The second-order valence-electron chi connectivity index (χ2n) is 33.1. The van der Waals surface area contributed by atoms with Gasteiger partial charge in [-0.05, 0) is 123 Å². The van der Waals surface area contributed by atoms with Gasteiger partial charge in [0, 0.05) is 44.5 Å². The molecule has 0 fully saturated rings. The Kier molecular flexibility index (Phi) is 21.0. The number of phenols is 4. The van der Waals surface area contributed by atoms with E-state index in [4.69, 9.17) is 18.9 Å². The molecule has 0 aliphatic rings. The van der Waals surface area contributed by atoms with Crippen LogP contribution in [0, 0.1) is 29.1 Å². The summed E-state index contributed by atoms with van der Waals surface area (Å²) in [5.74, 6) is -4.60. The Morgan fingerprint density at radius 1 is 0.282 bits per heavy atom. The van der Waals surface area contributed by atoms with Crippen LogP contribution in [0.4, 0.5) is 0 Å². The van der Waals surface area contributed by atoms with Gasteiger partial charge in [0.1, 0.15) is 46.0 Å². The Morgan fingerprint density at radius 3 is 0.506 bits per heavy atom. The van der Waals surface area contributed by atoms with E-state index in [1.807, 2.05) is 166 Å². The van der Waals surface area contributed by atoms with Crippen LogP contribution < -0.4 is 18.9 Å². The number of esters is 4. The Morgan fingerprint density at radius 2 is 0.400 bits per heavy atom. The molecule has 0 saturated heterocycles. The molecule has 0 amide bonds. The number of rotatable bonds is 16. The van der Waals surface area contributed by atoms with Gasteiger partial charge in [0.15, 0.2) is 0 Å². The average molecular weight is 1180 g/mol. The normalized spacial score (nSPS) is 15.3. The van der Waals surface area contributed by atoms with Crippen LogP contribution in [-0.4, -0.2) is 44.3 Å². The van der Waals surface area contributed by atoms with E-state index in [9.17, 15) is 39.6 Å². The molecule has 4 unspecified atom stereocenters. The van der Waals surface area contributed by atoms with E-state index >= 15 is 0 Å². The molecule has 0 aliphatic heterocycles. The molecule has 0 bridgehead atoms. The van der Waals surface area contributed by atoms with Gasteiger partial charge < -0.3 is 39.4 Å². The molecular weight excluding hydrogens is 1070 g/mol. The second kappa shape index (κ2) is 25.0. The summed E-state index contributed by atoms with van der Waals surface area (Å²) in [7, 11) is 0. The summed E-state index contributed by atoms with van der Waals surface area (Å²) in [6, 6.07) is 13.5. The summed E-state index contributed by atoms with van der Waals surface area (Å²) >= 11 is 0. The maximum atomic E-state index is 14.9. The minimum atomic E-state index is -1.22. The van der Waals surface area contributed by atoms with Gasteiger partial charge in [-0.1, -0.05) is 194 Å². The van der Waals surface area contributed by atoms with Gasteiger partial charge in [0.2, 0.25) is 0 Å². The van der Waals surface area contributed by atoms with Crippen LogP contribution in [0.2, 0.25) is 0 Å². The van der Waals surface area contributed by atoms with Crippen molar-refractivity contribution in [2.45, 2.75) is 263 Å². The quantitative estimate of drug-likeness (QED) is 0.0615. The van der Waals surface area contributed by atoms with E-state index in [0.717, 1.165) is 0 Å². The Labute approximate surface area is 511 Å². The van der Waals surface area contributed by atoms with E-state index in [-0.39, 0.29) is 71.7 Å². The SMILES string of the molecule is CC(CC(CC(C)C(=O)Oc1cc(C(C)(C)C)c(O)c(C(C)(C)C)c1)(CC(C)C(=O)Oc1cc(C(C)(C)C)c(O)c(C(C)(C)C)c1)CC(C)C(=O)Oc1cc(C(C)(C)C)c(O)c(C(C)(C)C)c1)C(=O)Oc1cc(C(C)(C)C)c(O)c(C(C)(C)C)c1. The van der Waals surface area contributed by atoms with Crippen LogP contribution in [0.15, 0.2) is 48.5 Å². The first kappa shape index (κ1) is 71.4. The van der Waals surface area contributed by atoms with Gasteiger partial charge in [0.25, 0.3) is 0 Å². The van der Waals surface area contributed by atoms with Crippen LogP contribution in [0.1, 0.15) is 264 Å². The fraction of sp³-hybridized carbons (Fsp3) is 0.616. The molecule has 85 heavy (non-hydrogen) atoms. The zero-order chi connectivity index (χ0) is 65.7. The van der Waals surface area contributed by atoms with Gasteiger partial charge >= 0.3 is 23.9 Å². The highest BCUT2D eigenvalue weighted by atomic mass is 16.5. The van der Waals surface area contributed by atoms with E-state index in [2.05, 4.69) is 0 Å². The maximum absolute atomic E-state index is 14.9. The molecule has 0 aromatic heterocycles. The van der Waals surface area contributed by atoms with E-state index in [1.54, 1.807) is 76.2 Å². The third kappa shape index (κ3) is 18.0. The molecule has 0 spiro atoms. The zero-order valence-corrected chi connectivity index (χ0v) is 57.3. The topological polar surface area (TPSA) is 186 Å². The number of phenolic OH excluding ortho intramolecular Hbond substituents is 4. The standard InChI is InChI=1S/C73H108O12/c1-41(61(78)82-45-29-49(65(5,6)7)57(74)50(30-45)66(8,9)10)37-73(38-42(2)62(79)83-46-31-51(67(11,12)13)58(75)52(32-46)68(14,15)16,39-43(3)63(80)84-47-33-53(69(17,18)19)59(76)54(34-47)70(20,21)22)40-44(4)64(81)85-48-35-55(71(23,24)25)60(77)56(36-48)72(26,27)28/h29-36,41-44,74-77H,37-40H2,1-28H3.